The number of benzene rings is 1. The van der Waals surface area contributed by atoms with Gasteiger partial charge in [0.05, 0.1) is 12.2 Å². The molecule has 20 heavy (non-hydrogen) atoms. The summed E-state index contributed by atoms with van der Waals surface area (Å²) >= 11 is 2.95. The van der Waals surface area contributed by atoms with Gasteiger partial charge in [0.2, 0.25) is 5.89 Å². The number of oxazole rings is 1. The number of aromatic nitrogens is 1. The molecule has 0 saturated heterocycles. The summed E-state index contributed by atoms with van der Waals surface area (Å²) in [6.07, 6.45) is 0. The van der Waals surface area contributed by atoms with Gasteiger partial charge in [0.25, 0.3) is 5.91 Å². The zero-order valence-corrected chi connectivity index (χ0v) is 12.3. The summed E-state index contributed by atoms with van der Waals surface area (Å²) in [5.74, 6) is -1.81. The molecule has 1 amide bonds. The van der Waals surface area contributed by atoms with Gasteiger partial charge in [0.15, 0.2) is 0 Å². The molecule has 1 aromatic heterocycles. The number of hydrogen-bond donors (Lipinski definition) is 1. The van der Waals surface area contributed by atoms with Crippen molar-refractivity contribution >= 4 is 21.8 Å². The lowest BCUT2D eigenvalue weighted by Gasteiger charge is -2.06. The average Bonchev–Trinajstić information content (AvgIpc) is 2.65. The van der Waals surface area contributed by atoms with Crippen LogP contribution in [0, 0.1) is 25.5 Å². The van der Waals surface area contributed by atoms with E-state index in [0.29, 0.717) is 11.5 Å². The maximum atomic E-state index is 13.6. The minimum Gasteiger partial charge on any atom is -0.444 e. The van der Waals surface area contributed by atoms with Crippen LogP contribution in [0.4, 0.5) is 8.78 Å². The Hall–Kier alpha value is -1.76. The summed E-state index contributed by atoms with van der Waals surface area (Å²) in [5.41, 5.74) is 0.0726. The van der Waals surface area contributed by atoms with Crippen molar-refractivity contribution in [3.8, 4) is 0 Å². The number of carbonyl (C=O) groups is 1. The van der Waals surface area contributed by atoms with E-state index in [1.807, 2.05) is 0 Å². The smallest absolute Gasteiger partial charge is 0.257 e. The summed E-state index contributed by atoms with van der Waals surface area (Å²) in [6, 6.07) is 2.05. The van der Waals surface area contributed by atoms with E-state index in [4.69, 9.17) is 4.42 Å². The molecule has 7 heteroatoms. The van der Waals surface area contributed by atoms with E-state index in [9.17, 15) is 13.6 Å². The van der Waals surface area contributed by atoms with Crippen LogP contribution >= 0.6 is 15.9 Å². The third-order valence-corrected chi connectivity index (χ3v) is 3.16. The second kappa shape index (κ2) is 5.70. The van der Waals surface area contributed by atoms with Gasteiger partial charge in [-0.25, -0.2) is 13.8 Å². The molecule has 1 aromatic carbocycles. The van der Waals surface area contributed by atoms with Crippen LogP contribution in [0.5, 0.6) is 0 Å². The summed E-state index contributed by atoms with van der Waals surface area (Å²) < 4.78 is 32.7. The lowest BCUT2D eigenvalue weighted by molar-refractivity contribution is 0.0938. The van der Waals surface area contributed by atoms with Crippen LogP contribution in [0.2, 0.25) is 0 Å². The molecule has 0 atom stereocenters. The van der Waals surface area contributed by atoms with Crippen molar-refractivity contribution < 1.29 is 18.0 Å². The summed E-state index contributed by atoms with van der Waals surface area (Å²) in [7, 11) is 0. The minimum absolute atomic E-state index is 0.0392. The van der Waals surface area contributed by atoms with Gasteiger partial charge in [-0.05, 0) is 26.0 Å². The summed E-state index contributed by atoms with van der Waals surface area (Å²) in [4.78, 5) is 15.8. The lowest BCUT2D eigenvalue weighted by atomic mass is 10.2. The van der Waals surface area contributed by atoms with Crippen molar-refractivity contribution in [3.63, 3.8) is 0 Å². The molecule has 0 aliphatic rings. The first-order valence-corrected chi connectivity index (χ1v) is 6.53. The Kier molecular flexibility index (Phi) is 4.17. The second-order valence-electron chi connectivity index (χ2n) is 4.18. The molecule has 0 bridgehead atoms. The van der Waals surface area contributed by atoms with Crippen molar-refractivity contribution in [3.05, 3.63) is 51.1 Å². The van der Waals surface area contributed by atoms with E-state index in [1.54, 1.807) is 13.8 Å². The Morgan fingerprint density at radius 3 is 2.45 bits per heavy atom. The Bertz CT molecular complexity index is 628. The number of rotatable bonds is 3. The lowest BCUT2D eigenvalue weighted by Crippen LogP contribution is -2.25. The van der Waals surface area contributed by atoms with E-state index >= 15 is 0 Å². The van der Waals surface area contributed by atoms with Crippen LogP contribution < -0.4 is 5.32 Å². The molecule has 0 aliphatic carbocycles. The van der Waals surface area contributed by atoms with Crippen LogP contribution in [0.1, 0.15) is 27.7 Å². The first-order valence-electron chi connectivity index (χ1n) is 5.74. The van der Waals surface area contributed by atoms with E-state index in [1.165, 1.54) is 0 Å². The highest BCUT2D eigenvalue weighted by atomic mass is 79.9. The highest BCUT2D eigenvalue weighted by Crippen LogP contribution is 2.19. The molecule has 1 N–H and O–H groups in total. The molecule has 2 rings (SSSR count). The number of carbonyl (C=O) groups excluding carboxylic acids is 1. The summed E-state index contributed by atoms with van der Waals surface area (Å²) in [5, 5.41) is 2.37. The topological polar surface area (TPSA) is 55.1 Å². The normalized spacial score (nSPS) is 10.7. The molecule has 0 fully saturated rings. The molecular formula is C13H11BrF2N2O2. The minimum atomic E-state index is -0.936. The SMILES string of the molecule is Cc1nc(CNC(=O)c2c(F)cc(Br)cc2F)oc1C. The van der Waals surface area contributed by atoms with Gasteiger partial charge >= 0.3 is 0 Å². The molecule has 2 aromatic rings. The van der Waals surface area contributed by atoms with Crippen LogP contribution in [0.15, 0.2) is 21.0 Å². The fourth-order valence-electron chi connectivity index (χ4n) is 1.62. The zero-order chi connectivity index (χ0) is 14.9. The molecule has 4 nitrogen and oxygen atoms in total. The molecule has 1 heterocycles. The Labute approximate surface area is 122 Å². The monoisotopic (exact) mass is 344 g/mol. The molecule has 0 radical (unpaired) electrons. The van der Waals surface area contributed by atoms with E-state index < -0.39 is 23.1 Å². The fourth-order valence-corrected chi connectivity index (χ4v) is 2.02. The first kappa shape index (κ1) is 14.6. The maximum Gasteiger partial charge on any atom is 0.257 e. The van der Waals surface area contributed by atoms with Crippen molar-refractivity contribution in [1.29, 1.82) is 0 Å². The number of nitrogens with zero attached hydrogens (tertiary/aromatic N) is 1. The molecular weight excluding hydrogens is 334 g/mol. The van der Waals surface area contributed by atoms with Crippen molar-refractivity contribution in [2.75, 3.05) is 0 Å². The van der Waals surface area contributed by atoms with Gasteiger partial charge in [-0.2, -0.15) is 0 Å². The molecule has 0 unspecified atom stereocenters. The first-order chi connectivity index (χ1) is 9.38. The number of amides is 1. The van der Waals surface area contributed by atoms with Crippen LogP contribution in [0.3, 0.4) is 0 Å². The van der Waals surface area contributed by atoms with Crippen molar-refractivity contribution in [2.24, 2.45) is 0 Å². The molecule has 0 aliphatic heterocycles. The Balaban J connectivity index is 2.13. The van der Waals surface area contributed by atoms with Crippen molar-refractivity contribution in [1.82, 2.24) is 10.3 Å². The molecule has 0 saturated carbocycles. The highest BCUT2D eigenvalue weighted by molar-refractivity contribution is 9.10. The summed E-state index contributed by atoms with van der Waals surface area (Å²) in [6.45, 7) is 3.46. The quantitative estimate of drug-likeness (QED) is 0.929. The van der Waals surface area contributed by atoms with Gasteiger partial charge in [0.1, 0.15) is 23.0 Å². The van der Waals surface area contributed by atoms with E-state index in [-0.39, 0.29) is 16.9 Å². The number of halogens is 3. The van der Waals surface area contributed by atoms with E-state index in [0.717, 1.165) is 12.1 Å². The van der Waals surface area contributed by atoms with Gasteiger partial charge < -0.3 is 9.73 Å². The standard InChI is InChI=1S/C13H11BrF2N2O2/c1-6-7(2)20-11(18-6)5-17-13(19)12-9(15)3-8(14)4-10(12)16/h3-4H,5H2,1-2H3,(H,17,19). The second-order valence-corrected chi connectivity index (χ2v) is 5.09. The fraction of sp³-hybridized carbons (Fsp3) is 0.231. The third-order valence-electron chi connectivity index (χ3n) is 2.71. The number of nitrogens with one attached hydrogen (secondary N) is 1. The van der Waals surface area contributed by atoms with Gasteiger partial charge in [-0.1, -0.05) is 15.9 Å². The van der Waals surface area contributed by atoms with Gasteiger partial charge in [-0.15, -0.1) is 0 Å². The van der Waals surface area contributed by atoms with E-state index in [2.05, 4.69) is 26.2 Å². The van der Waals surface area contributed by atoms with Gasteiger partial charge in [-0.3, -0.25) is 4.79 Å². The average molecular weight is 345 g/mol. The largest absolute Gasteiger partial charge is 0.444 e. The van der Waals surface area contributed by atoms with Crippen molar-refractivity contribution in [2.45, 2.75) is 20.4 Å². The number of hydrogen-bond acceptors (Lipinski definition) is 3. The van der Waals surface area contributed by atoms with Crippen LogP contribution in [-0.4, -0.2) is 10.9 Å². The zero-order valence-electron chi connectivity index (χ0n) is 10.8. The third kappa shape index (κ3) is 3.04. The molecule has 0 spiro atoms. The van der Waals surface area contributed by atoms with Crippen LogP contribution in [0.25, 0.3) is 0 Å². The Morgan fingerprint density at radius 1 is 1.35 bits per heavy atom. The highest BCUT2D eigenvalue weighted by Gasteiger charge is 2.18. The Morgan fingerprint density at radius 2 is 1.95 bits per heavy atom. The maximum absolute atomic E-state index is 13.6. The molecule has 106 valence electrons. The van der Waals surface area contributed by atoms with Crippen LogP contribution in [-0.2, 0) is 6.54 Å². The van der Waals surface area contributed by atoms with Gasteiger partial charge in [0, 0.05) is 4.47 Å². The predicted molar refractivity (Wildman–Crippen MR) is 71.2 cm³/mol. The number of aryl methyl sites for hydroxylation is 2. The predicted octanol–water partition coefficient (Wildman–Crippen LogP) is 3.26.